The Morgan fingerprint density at radius 1 is 0.774 bits per heavy atom. The van der Waals surface area contributed by atoms with Crippen LogP contribution in [0.2, 0.25) is 0 Å². The van der Waals surface area contributed by atoms with Gasteiger partial charge in [-0.2, -0.15) is 0 Å². The molecule has 1 aromatic heterocycles. The molecule has 0 fully saturated rings. The zero-order chi connectivity index (χ0) is 21.5. The Labute approximate surface area is 181 Å². The molecule has 1 heterocycles. The van der Waals surface area contributed by atoms with Crippen LogP contribution in [-0.2, 0) is 18.0 Å². The normalized spacial score (nSPS) is 10.6. The lowest BCUT2D eigenvalue weighted by atomic mass is 10.2. The Morgan fingerprint density at radius 3 is 2.35 bits per heavy atom. The summed E-state index contributed by atoms with van der Waals surface area (Å²) in [6.45, 7) is 2.24. The molecule has 0 aliphatic rings. The van der Waals surface area contributed by atoms with Crippen LogP contribution in [0.1, 0.15) is 18.2 Å². The summed E-state index contributed by atoms with van der Waals surface area (Å²) in [7, 11) is 0. The van der Waals surface area contributed by atoms with E-state index in [1.54, 1.807) is 0 Å². The van der Waals surface area contributed by atoms with E-state index in [2.05, 4.69) is 4.98 Å². The number of pyridine rings is 1. The van der Waals surface area contributed by atoms with E-state index in [0.717, 1.165) is 22.2 Å². The lowest BCUT2D eigenvalue weighted by molar-refractivity contribution is -0.118. The molecular weight excluding hydrogens is 390 g/mol. The zero-order valence-electron chi connectivity index (χ0n) is 17.3. The minimum Gasteiger partial charge on any atom is -0.489 e. The van der Waals surface area contributed by atoms with Gasteiger partial charge in [-0.3, -0.25) is 4.79 Å². The molecule has 0 spiro atoms. The second-order valence-corrected chi connectivity index (χ2v) is 7.15. The van der Waals surface area contributed by atoms with Crippen LogP contribution in [0.15, 0.2) is 84.9 Å². The second-order valence-electron chi connectivity index (χ2n) is 7.15. The molecule has 4 aromatic rings. The molecule has 5 heteroatoms. The summed E-state index contributed by atoms with van der Waals surface area (Å²) in [4.78, 5) is 15.8. The number of ketones is 1. The van der Waals surface area contributed by atoms with Gasteiger partial charge in [-0.25, -0.2) is 4.98 Å². The van der Waals surface area contributed by atoms with Crippen LogP contribution in [0, 0.1) is 0 Å². The van der Waals surface area contributed by atoms with E-state index in [-0.39, 0.29) is 12.4 Å². The van der Waals surface area contributed by atoms with Crippen LogP contribution in [-0.4, -0.2) is 17.4 Å². The molecule has 5 nitrogen and oxygen atoms in total. The van der Waals surface area contributed by atoms with Gasteiger partial charge in [0.2, 0.25) is 0 Å². The quantitative estimate of drug-likeness (QED) is 0.370. The summed E-state index contributed by atoms with van der Waals surface area (Å²) < 4.78 is 17.4. The molecule has 0 saturated heterocycles. The fourth-order valence-corrected chi connectivity index (χ4v) is 3.10. The van der Waals surface area contributed by atoms with Crippen LogP contribution >= 0.6 is 0 Å². The summed E-state index contributed by atoms with van der Waals surface area (Å²) in [6.07, 6.45) is 0. The van der Waals surface area contributed by atoms with E-state index >= 15 is 0 Å². The number of hydrogen-bond donors (Lipinski definition) is 0. The third kappa shape index (κ3) is 5.60. The van der Waals surface area contributed by atoms with E-state index < -0.39 is 0 Å². The predicted octanol–water partition coefficient (Wildman–Crippen LogP) is 5.36. The molecule has 0 aliphatic carbocycles. The number of rotatable bonds is 9. The van der Waals surface area contributed by atoms with Crippen molar-refractivity contribution in [2.45, 2.75) is 20.1 Å². The lowest BCUT2D eigenvalue weighted by Crippen LogP contribution is -2.08. The van der Waals surface area contributed by atoms with Crippen LogP contribution in [0.5, 0.6) is 17.2 Å². The number of carbonyl (C=O) groups is 1. The van der Waals surface area contributed by atoms with Gasteiger partial charge in [0.15, 0.2) is 5.78 Å². The van der Waals surface area contributed by atoms with E-state index in [1.807, 2.05) is 84.9 Å². The highest BCUT2D eigenvalue weighted by Gasteiger charge is 2.07. The standard InChI is InChI=1S/C26H23NO4/c1-19(28)16-31-26-12-5-3-8-21(26)17-29-23-9-6-10-24(15-23)30-18-22-14-13-20-7-2-4-11-25(20)27-22/h2-15H,16-18H2,1H3. The van der Waals surface area contributed by atoms with Crippen molar-refractivity contribution in [2.24, 2.45) is 0 Å². The first-order valence-electron chi connectivity index (χ1n) is 10.1. The zero-order valence-corrected chi connectivity index (χ0v) is 17.3. The van der Waals surface area contributed by atoms with Crippen molar-refractivity contribution in [3.05, 3.63) is 96.2 Å². The first-order valence-corrected chi connectivity index (χ1v) is 10.1. The Morgan fingerprint density at radius 2 is 1.52 bits per heavy atom. The molecule has 31 heavy (non-hydrogen) atoms. The van der Waals surface area contributed by atoms with Gasteiger partial charge in [0, 0.05) is 17.0 Å². The van der Waals surface area contributed by atoms with E-state index in [1.165, 1.54) is 6.92 Å². The van der Waals surface area contributed by atoms with Crippen molar-refractivity contribution in [2.75, 3.05) is 6.61 Å². The van der Waals surface area contributed by atoms with Gasteiger partial charge in [-0.05, 0) is 37.3 Å². The van der Waals surface area contributed by atoms with Gasteiger partial charge in [0.1, 0.15) is 37.1 Å². The third-order valence-corrected chi connectivity index (χ3v) is 4.65. The maximum atomic E-state index is 11.2. The van der Waals surface area contributed by atoms with Gasteiger partial charge in [0.05, 0.1) is 11.2 Å². The molecule has 0 bridgehead atoms. The van der Waals surface area contributed by atoms with Crippen LogP contribution < -0.4 is 14.2 Å². The van der Waals surface area contributed by atoms with Gasteiger partial charge < -0.3 is 14.2 Å². The first kappa shape index (κ1) is 20.4. The average molecular weight is 413 g/mol. The van der Waals surface area contributed by atoms with Gasteiger partial charge in [0.25, 0.3) is 0 Å². The number of Topliss-reactive ketones (excluding diaryl/α,β-unsaturated/α-hetero) is 1. The smallest absolute Gasteiger partial charge is 0.167 e. The number of ether oxygens (including phenoxy) is 3. The summed E-state index contributed by atoms with van der Waals surface area (Å²) in [6, 6.07) is 27.1. The summed E-state index contributed by atoms with van der Waals surface area (Å²) in [5.41, 5.74) is 2.68. The molecule has 0 aliphatic heterocycles. The Bertz CT molecular complexity index is 1190. The number of hydrogen-bond acceptors (Lipinski definition) is 5. The summed E-state index contributed by atoms with van der Waals surface area (Å²) >= 11 is 0. The number of fused-ring (bicyclic) bond motifs is 1. The highest BCUT2D eigenvalue weighted by molar-refractivity contribution is 5.78. The van der Waals surface area contributed by atoms with Crippen molar-refractivity contribution >= 4 is 16.7 Å². The maximum absolute atomic E-state index is 11.2. The number of para-hydroxylation sites is 2. The molecule has 0 amide bonds. The molecule has 0 atom stereocenters. The molecule has 0 radical (unpaired) electrons. The number of nitrogens with zero attached hydrogens (tertiary/aromatic N) is 1. The molecule has 0 saturated carbocycles. The molecule has 0 unspecified atom stereocenters. The topological polar surface area (TPSA) is 57.7 Å². The van der Waals surface area contributed by atoms with Crippen LogP contribution in [0.25, 0.3) is 10.9 Å². The van der Waals surface area contributed by atoms with E-state index in [0.29, 0.717) is 30.5 Å². The third-order valence-electron chi connectivity index (χ3n) is 4.65. The number of carbonyl (C=O) groups excluding carboxylic acids is 1. The summed E-state index contributed by atoms with van der Waals surface area (Å²) in [5, 5.41) is 1.11. The number of benzene rings is 3. The first-order chi connectivity index (χ1) is 15.2. The highest BCUT2D eigenvalue weighted by Crippen LogP contribution is 2.24. The van der Waals surface area contributed by atoms with Crippen molar-refractivity contribution in [3.8, 4) is 17.2 Å². The fourth-order valence-electron chi connectivity index (χ4n) is 3.10. The monoisotopic (exact) mass is 413 g/mol. The molecule has 4 rings (SSSR count). The molecule has 3 aromatic carbocycles. The maximum Gasteiger partial charge on any atom is 0.167 e. The van der Waals surface area contributed by atoms with Gasteiger partial charge in [-0.15, -0.1) is 0 Å². The van der Waals surface area contributed by atoms with Crippen LogP contribution in [0.4, 0.5) is 0 Å². The Hall–Kier alpha value is -3.86. The minimum absolute atomic E-state index is 0.0264. The number of aromatic nitrogens is 1. The fraction of sp³-hybridized carbons (Fsp3) is 0.154. The summed E-state index contributed by atoms with van der Waals surface area (Å²) in [5.74, 6) is 2.01. The lowest BCUT2D eigenvalue weighted by Gasteiger charge is -2.12. The van der Waals surface area contributed by atoms with Crippen molar-refractivity contribution < 1.29 is 19.0 Å². The Balaban J connectivity index is 1.38. The Kier molecular flexibility index (Phi) is 6.43. The SMILES string of the molecule is CC(=O)COc1ccccc1COc1cccc(OCc2ccc3ccccc3n2)c1. The second kappa shape index (κ2) is 9.76. The minimum atomic E-state index is -0.0264. The predicted molar refractivity (Wildman–Crippen MR) is 119 cm³/mol. The van der Waals surface area contributed by atoms with E-state index in [9.17, 15) is 4.79 Å². The molecular formula is C26H23NO4. The average Bonchev–Trinajstić information content (AvgIpc) is 2.80. The van der Waals surface area contributed by atoms with Gasteiger partial charge in [-0.1, -0.05) is 48.5 Å². The van der Waals surface area contributed by atoms with Crippen molar-refractivity contribution in [1.82, 2.24) is 4.98 Å². The van der Waals surface area contributed by atoms with Crippen LogP contribution in [0.3, 0.4) is 0 Å². The van der Waals surface area contributed by atoms with Gasteiger partial charge >= 0.3 is 0 Å². The van der Waals surface area contributed by atoms with Crippen molar-refractivity contribution in [3.63, 3.8) is 0 Å². The largest absolute Gasteiger partial charge is 0.489 e. The van der Waals surface area contributed by atoms with Crippen molar-refractivity contribution in [1.29, 1.82) is 0 Å². The molecule has 0 N–H and O–H groups in total. The highest BCUT2D eigenvalue weighted by atomic mass is 16.5. The van der Waals surface area contributed by atoms with E-state index in [4.69, 9.17) is 14.2 Å². The molecule has 156 valence electrons.